The van der Waals surface area contributed by atoms with Gasteiger partial charge in [-0.3, -0.25) is 47.6 Å². The SMILES string of the molecule is Cn1cc([C@@H]2C[C@H]2C(=O)Nc2cccc(-c3ccc(O[C@H]4CCN(C(=O)[C@@H](O)CO)CC4(F)F)c(C#N)c3)c2)cn1.Cn1cc([C@@H]2C[C@H]2C(=O)Nc2cccc(-c3ccc(O[C@H]4CCN(C(=O)[C@@H](O)CO)C[C@H]4F)c(C#N)c3)c2)cn1.N#Cc1cc(-c2cc(NC(=O)C3CC3)ccn2)ccc1O[C@H]1CCN(C(=O)COP(=O)(O)O)CC1(F)F. The number of aromatic nitrogens is 5. The third-order valence-corrected chi connectivity index (χ3v) is 21.1. The van der Waals surface area contributed by atoms with Crippen molar-refractivity contribution in [1.29, 1.82) is 15.8 Å². The minimum absolute atomic E-state index is 0.00364. The van der Waals surface area contributed by atoms with Crippen molar-refractivity contribution in [3.05, 3.63) is 174 Å². The van der Waals surface area contributed by atoms with Gasteiger partial charge in [-0.05, 0) is 150 Å². The number of nitriles is 3. The van der Waals surface area contributed by atoms with Crippen molar-refractivity contribution in [2.24, 2.45) is 31.8 Å². The number of rotatable bonds is 24. The van der Waals surface area contributed by atoms with Gasteiger partial charge in [0.2, 0.25) is 23.6 Å². The normalized spacial score (nSPS) is 21.3. The summed E-state index contributed by atoms with van der Waals surface area (Å²) in [5.74, 6) is -9.60. The number of pyridine rings is 1. The van der Waals surface area contributed by atoms with Crippen LogP contribution in [0.2, 0.25) is 0 Å². The lowest BCUT2D eigenvalue weighted by atomic mass is 10.0. The summed E-state index contributed by atoms with van der Waals surface area (Å²) < 4.78 is 109. The molecule has 14 rings (SSSR count). The fourth-order valence-electron chi connectivity index (χ4n) is 14.0. The molecule has 6 amide bonds. The number of aliphatic hydroxyl groups excluding tert-OH is 4. The number of hydrogen-bond acceptors (Lipinski definition) is 21. The monoisotopic (exact) mass is 1650 g/mol. The maximum absolute atomic E-state index is 14.9. The number of ether oxygens (including phenoxy) is 3. The van der Waals surface area contributed by atoms with E-state index in [4.69, 9.17) is 34.2 Å². The van der Waals surface area contributed by atoms with Crippen LogP contribution in [0.25, 0.3) is 33.5 Å². The number of carbonyl (C=O) groups excluding carboxylic acids is 6. The van der Waals surface area contributed by atoms with Crippen LogP contribution in [0.4, 0.5) is 39.0 Å². The summed E-state index contributed by atoms with van der Waals surface area (Å²) >= 11 is 0. The van der Waals surface area contributed by atoms with Gasteiger partial charge in [0.25, 0.3) is 11.8 Å². The van der Waals surface area contributed by atoms with E-state index in [1.807, 2.05) is 69.0 Å². The number of phosphoric ester groups is 1. The van der Waals surface area contributed by atoms with Crippen LogP contribution in [-0.4, -0.2) is 213 Å². The molecule has 0 spiro atoms. The number of hydrogen-bond donors (Lipinski definition) is 9. The molecule has 5 aromatic carbocycles. The number of benzene rings is 5. The molecule has 0 bridgehead atoms. The molecular formula is C81H82F5N14O17P. The number of alkyl halides is 5. The van der Waals surface area contributed by atoms with Crippen molar-refractivity contribution in [1.82, 2.24) is 39.2 Å². The summed E-state index contributed by atoms with van der Waals surface area (Å²) in [4.78, 5) is 98.0. The molecule has 118 heavy (non-hydrogen) atoms. The minimum Gasteiger partial charge on any atom is -0.486 e. The van der Waals surface area contributed by atoms with Crippen LogP contribution in [0.5, 0.6) is 17.2 Å². The maximum Gasteiger partial charge on any atom is 0.470 e. The standard InChI is InChI=1S/C29H29F2N5O5.C29H30FN5O5.C23H23F2N4O7P/c1-35-14-20(13-33-35)22-11-23(22)27(39)34-21-4-2-3-17(10-21)18-5-6-25(19(9-18)12-32)41-26-7-8-36(16-29(26,30)31)28(40)24(38)15-37;1-34-14-20(13-32-34)22-11-23(22)28(38)33-21-4-2-3-17(10-21)18-5-6-26(19(9-18)12-31)40-27-7-8-35(15-24(27)30)29(39)25(37)16-36;24-23(25)13-29(21(30)12-35-37(32,33)34)8-6-20(23)36-19-4-3-15(9-16(19)11-26)18-10-17(5-7-27-18)28-22(31)14-1-2-14/h2-6,9-10,13-14,22-24,26,37-38H,7-8,11,15-16H2,1H3,(H,34,39);2-6,9-10,13-14,22-25,27,36-37H,7-8,11,15-16H2,1H3,(H,33,38);3-5,7,9-10,14,20H,1-2,6,8,12-13H2,(H,27,28,31)(H2,32,33,34)/t22-,23+,24-,26-;22-,23+,24+,25-,27-;20-/m000/s1. The molecule has 618 valence electrons. The van der Waals surface area contributed by atoms with E-state index in [1.165, 1.54) is 30.5 Å². The highest BCUT2D eigenvalue weighted by molar-refractivity contribution is 7.46. The first kappa shape index (κ1) is 85.3. The lowest BCUT2D eigenvalue weighted by molar-refractivity contribution is -0.167. The molecule has 6 aliphatic rings. The van der Waals surface area contributed by atoms with E-state index in [0.717, 1.165) is 62.6 Å². The van der Waals surface area contributed by atoms with Gasteiger partial charge in [-0.15, -0.1) is 0 Å². The zero-order valence-electron chi connectivity index (χ0n) is 63.5. The topological polar surface area (TPSA) is 444 Å². The van der Waals surface area contributed by atoms with Crippen molar-refractivity contribution in [2.75, 3.05) is 75.0 Å². The lowest BCUT2D eigenvalue weighted by Gasteiger charge is -2.38. The van der Waals surface area contributed by atoms with Crippen LogP contribution in [-0.2, 0) is 52.0 Å². The molecule has 0 radical (unpaired) electrons. The van der Waals surface area contributed by atoms with Crippen molar-refractivity contribution >= 4 is 60.3 Å². The summed E-state index contributed by atoms with van der Waals surface area (Å²) in [6.07, 6.45) is 2.85. The maximum atomic E-state index is 14.9. The number of amides is 6. The Hall–Kier alpha value is -12.0. The molecule has 10 atom stereocenters. The van der Waals surface area contributed by atoms with Crippen molar-refractivity contribution in [3.8, 4) is 69.0 Å². The Morgan fingerprint density at radius 1 is 0.568 bits per heavy atom. The fourth-order valence-corrected chi connectivity index (χ4v) is 14.2. The number of phosphoric acid groups is 1. The molecule has 8 aromatic rings. The summed E-state index contributed by atoms with van der Waals surface area (Å²) in [6, 6.07) is 37.8. The first-order chi connectivity index (χ1) is 56.3. The highest BCUT2D eigenvalue weighted by Gasteiger charge is 2.51. The summed E-state index contributed by atoms with van der Waals surface area (Å²) in [5.41, 5.74) is 8.00. The molecule has 6 heterocycles. The van der Waals surface area contributed by atoms with E-state index >= 15 is 0 Å². The van der Waals surface area contributed by atoms with Crippen LogP contribution < -0.4 is 30.2 Å². The number of nitrogens with zero attached hydrogens (tertiary/aromatic N) is 11. The number of aryl methyl sites for hydroxylation is 2. The molecule has 3 aromatic heterocycles. The van der Waals surface area contributed by atoms with Gasteiger partial charge in [-0.1, -0.05) is 36.4 Å². The van der Waals surface area contributed by atoms with E-state index in [0.29, 0.717) is 39.4 Å². The number of aliphatic hydroxyl groups is 4. The second kappa shape index (κ2) is 36.6. The number of nitrogens with one attached hydrogen (secondary N) is 3. The predicted molar refractivity (Wildman–Crippen MR) is 410 cm³/mol. The van der Waals surface area contributed by atoms with E-state index in [2.05, 4.69) is 41.7 Å². The van der Waals surface area contributed by atoms with Crippen molar-refractivity contribution in [3.63, 3.8) is 0 Å². The third-order valence-electron chi connectivity index (χ3n) is 20.7. The van der Waals surface area contributed by atoms with Crippen LogP contribution in [0, 0.1) is 51.7 Å². The molecule has 3 aliphatic heterocycles. The fraction of sp³-hybridized carbons (Fsp3) is 0.383. The Bertz CT molecular complexity index is 5260. The average Bonchev–Trinajstić information content (AvgIpc) is 1.72. The van der Waals surface area contributed by atoms with Gasteiger partial charge in [0, 0.05) is 112 Å². The van der Waals surface area contributed by atoms with Gasteiger partial charge >= 0.3 is 19.7 Å². The number of piperidine rings is 3. The molecule has 9 N–H and O–H groups in total. The molecular weight excluding hydrogens is 1570 g/mol. The van der Waals surface area contributed by atoms with Crippen LogP contribution in [0.15, 0.2) is 146 Å². The van der Waals surface area contributed by atoms with Gasteiger partial charge in [-0.25, -0.2) is 26.5 Å². The van der Waals surface area contributed by atoms with Gasteiger partial charge in [0.15, 0.2) is 30.6 Å². The van der Waals surface area contributed by atoms with Gasteiger partial charge in [0.1, 0.15) is 48.2 Å². The molecule has 31 nitrogen and oxygen atoms in total. The Morgan fingerprint density at radius 3 is 1.47 bits per heavy atom. The number of likely N-dealkylation sites (tertiary alicyclic amines) is 3. The molecule has 6 fully saturated rings. The highest BCUT2D eigenvalue weighted by Crippen LogP contribution is 2.50. The molecule has 0 unspecified atom stereocenters. The number of carbonyl (C=O) groups is 6. The van der Waals surface area contributed by atoms with Crippen LogP contribution in [0.1, 0.15) is 84.6 Å². The Balaban J connectivity index is 0.000000163. The number of anilines is 3. The molecule has 3 aliphatic carbocycles. The first-order valence-electron chi connectivity index (χ1n) is 37.5. The molecule has 3 saturated heterocycles. The smallest absolute Gasteiger partial charge is 0.470 e. The van der Waals surface area contributed by atoms with E-state index < -0.39 is 107 Å². The van der Waals surface area contributed by atoms with Crippen molar-refractivity contribution < 1.29 is 104 Å². The summed E-state index contributed by atoms with van der Waals surface area (Å²) in [6.45, 7) is -5.02. The Kier molecular flexibility index (Phi) is 26.5. The first-order valence-corrected chi connectivity index (χ1v) is 39.1. The van der Waals surface area contributed by atoms with E-state index in [-0.39, 0.29) is 127 Å². The summed E-state index contributed by atoms with van der Waals surface area (Å²) in [7, 11) is -1.24. The quantitative estimate of drug-likeness (QED) is 0.0206. The van der Waals surface area contributed by atoms with Gasteiger partial charge < -0.3 is 75.1 Å². The average molecular weight is 1650 g/mol. The Labute approximate surface area is 672 Å². The van der Waals surface area contributed by atoms with Crippen LogP contribution >= 0.6 is 7.82 Å². The van der Waals surface area contributed by atoms with Crippen LogP contribution in [0.3, 0.4) is 0 Å². The highest BCUT2D eigenvalue weighted by atomic mass is 31.2. The zero-order chi connectivity index (χ0) is 84.5. The van der Waals surface area contributed by atoms with E-state index in [1.54, 1.807) is 82.4 Å². The predicted octanol–water partition coefficient (Wildman–Crippen LogP) is 7.73. The Morgan fingerprint density at radius 2 is 1.01 bits per heavy atom. The van der Waals surface area contributed by atoms with E-state index in [9.17, 15) is 81.3 Å². The second-order valence-corrected chi connectivity index (χ2v) is 30.6. The number of halogens is 5. The van der Waals surface area contributed by atoms with Crippen molar-refractivity contribution in [2.45, 2.75) is 105 Å². The molecule has 3 saturated carbocycles. The lowest BCUT2D eigenvalue weighted by Crippen LogP contribution is -2.57. The zero-order valence-corrected chi connectivity index (χ0v) is 64.3. The van der Waals surface area contributed by atoms with Gasteiger partial charge in [-0.2, -0.15) is 26.0 Å². The summed E-state index contributed by atoms with van der Waals surface area (Å²) in [5, 5.41) is 83.1. The third kappa shape index (κ3) is 21.4. The molecule has 37 heteroatoms. The van der Waals surface area contributed by atoms with Gasteiger partial charge in [0.05, 0.1) is 67.6 Å². The second-order valence-electron chi connectivity index (χ2n) is 29.4. The largest absolute Gasteiger partial charge is 0.486 e. The minimum atomic E-state index is -4.92.